The van der Waals surface area contributed by atoms with Crippen LogP contribution in [0.1, 0.15) is 15.9 Å². The second-order valence-corrected chi connectivity index (χ2v) is 5.00. The molecule has 24 heavy (non-hydrogen) atoms. The Morgan fingerprint density at radius 3 is 1.92 bits per heavy atom. The van der Waals surface area contributed by atoms with E-state index >= 15 is 0 Å². The van der Waals surface area contributed by atoms with Gasteiger partial charge in [0.05, 0.1) is 0 Å². The quantitative estimate of drug-likeness (QED) is 0.709. The van der Waals surface area contributed by atoms with Gasteiger partial charge in [-0.1, -0.05) is 12.1 Å². The molecule has 0 aromatic heterocycles. The lowest BCUT2D eigenvalue weighted by atomic mass is 10.2. The number of halogens is 2. The van der Waals surface area contributed by atoms with E-state index in [1.54, 1.807) is 12.1 Å². The van der Waals surface area contributed by atoms with Crippen LogP contribution in [0.15, 0.2) is 48.5 Å². The molecule has 0 saturated heterocycles. The monoisotopic (exact) mass is 333 g/mol. The molecular formula is C17H17F2N3O2. The molecule has 7 heteroatoms. The second kappa shape index (κ2) is 8.61. The standard InChI is InChI=1S/C17H17F2N3O2/c18-14-5-1-12(2-6-14)11-22-17(24)21-10-9-20-16(23)13-3-7-15(19)8-4-13/h1-8H,9-11H2,(H,20,23)(H2,21,22,24). The normalized spacial score (nSPS) is 10.1. The van der Waals surface area contributed by atoms with E-state index in [0.717, 1.165) is 5.56 Å². The molecule has 0 heterocycles. The maximum atomic E-state index is 12.8. The van der Waals surface area contributed by atoms with Crippen molar-refractivity contribution in [3.05, 3.63) is 71.3 Å². The summed E-state index contributed by atoms with van der Waals surface area (Å²) in [7, 11) is 0. The minimum Gasteiger partial charge on any atom is -0.350 e. The lowest BCUT2D eigenvalue weighted by molar-refractivity contribution is 0.0954. The number of nitrogens with one attached hydrogen (secondary N) is 3. The molecule has 0 radical (unpaired) electrons. The predicted molar refractivity (Wildman–Crippen MR) is 85.4 cm³/mol. The second-order valence-electron chi connectivity index (χ2n) is 5.00. The van der Waals surface area contributed by atoms with Crippen LogP contribution in [0.2, 0.25) is 0 Å². The smallest absolute Gasteiger partial charge is 0.315 e. The van der Waals surface area contributed by atoms with Gasteiger partial charge in [-0.3, -0.25) is 4.79 Å². The third-order valence-corrected chi connectivity index (χ3v) is 3.17. The van der Waals surface area contributed by atoms with Crippen molar-refractivity contribution < 1.29 is 18.4 Å². The van der Waals surface area contributed by atoms with Crippen molar-refractivity contribution in [2.24, 2.45) is 0 Å². The Hall–Kier alpha value is -2.96. The molecule has 3 N–H and O–H groups in total. The molecule has 0 unspecified atom stereocenters. The summed E-state index contributed by atoms with van der Waals surface area (Å²) in [5.74, 6) is -1.09. The molecule has 2 rings (SSSR count). The highest BCUT2D eigenvalue weighted by atomic mass is 19.1. The average molecular weight is 333 g/mol. The summed E-state index contributed by atoms with van der Waals surface area (Å²) in [6.45, 7) is 0.746. The number of carbonyl (C=O) groups excluding carboxylic acids is 2. The van der Waals surface area contributed by atoms with Crippen molar-refractivity contribution in [1.29, 1.82) is 0 Å². The highest BCUT2D eigenvalue weighted by Crippen LogP contribution is 2.02. The van der Waals surface area contributed by atoms with Crippen LogP contribution < -0.4 is 16.0 Å². The van der Waals surface area contributed by atoms with Crippen LogP contribution in [-0.4, -0.2) is 25.0 Å². The maximum Gasteiger partial charge on any atom is 0.315 e. The van der Waals surface area contributed by atoms with E-state index in [1.165, 1.54) is 36.4 Å². The fourth-order valence-corrected chi connectivity index (χ4v) is 1.90. The summed E-state index contributed by atoms with van der Waals surface area (Å²) >= 11 is 0. The van der Waals surface area contributed by atoms with Crippen molar-refractivity contribution in [3.8, 4) is 0 Å². The van der Waals surface area contributed by atoms with Gasteiger partial charge in [0.25, 0.3) is 5.91 Å². The summed E-state index contributed by atoms with van der Waals surface area (Å²) in [5, 5.41) is 7.81. The number of carbonyl (C=O) groups is 2. The molecular weight excluding hydrogens is 316 g/mol. The van der Waals surface area contributed by atoms with E-state index in [-0.39, 0.29) is 31.4 Å². The van der Waals surface area contributed by atoms with Gasteiger partial charge >= 0.3 is 6.03 Å². The summed E-state index contributed by atoms with van der Waals surface area (Å²) < 4.78 is 25.5. The fraction of sp³-hybridized carbons (Fsp3) is 0.176. The first-order chi connectivity index (χ1) is 11.5. The number of hydrogen-bond donors (Lipinski definition) is 3. The van der Waals surface area contributed by atoms with Crippen LogP contribution in [0.25, 0.3) is 0 Å². The molecule has 0 fully saturated rings. The van der Waals surface area contributed by atoms with E-state index in [9.17, 15) is 18.4 Å². The molecule has 0 aliphatic carbocycles. The lowest BCUT2D eigenvalue weighted by Gasteiger charge is -2.09. The zero-order valence-electron chi connectivity index (χ0n) is 12.8. The van der Waals surface area contributed by atoms with Crippen LogP contribution in [0, 0.1) is 11.6 Å². The minimum absolute atomic E-state index is 0.236. The molecule has 5 nitrogen and oxygen atoms in total. The SMILES string of the molecule is O=C(NCCNC(=O)c1ccc(F)cc1)NCc1ccc(F)cc1. The molecule has 126 valence electrons. The van der Waals surface area contributed by atoms with Crippen molar-refractivity contribution in [3.63, 3.8) is 0 Å². The summed E-state index contributed by atoms with van der Waals surface area (Å²) in [4.78, 5) is 23.3. The largest absolute Gasteiger partial charge is 0.350 e. The van der Waals surface area contributed by atoms with Crippen LogP contribution in [0.4, 0.5) is 13.6 Å². The Bertz CT molecular complexity index is 688. The van der Waals surface area contributed by atoms with E-state index in [4.69, 9.17) is 0 Å². The van der Waals surface area contributed by atoms with Crippen LogP contribution >= 0.6 is 0 Å². The van der Waals surface area contributed by atoms with Crippen molar-refractivity contribution in [1.82, 2.24) is 16.0 Å². The third-order valence-electron chi connectivity index (χ3n) is 3.17. The minimum atomic E-state index is -0.411. The van der Waals surface area contributed by atoms with Gasteiger partial charge in [-0.05, 0) is 42.0 Å². The van der Waals surface area contributed by atoms with Crippen molar-refractivity contribution in [2.75, 3.05) is 13.1 Å². The molecule has 2 aromatic rings. The van der Waals surface area contributed by atoms with E-state index in [0.29, 0.717) is 5.56 Å². The van der Waals surface area contributed by atoms with E-state index in [2.05, 4.69) is 16.0 Å². The summed E-state index contributed by atoms with van der Waals surface area (Å²) in [5.41, 5.74) is 1.12. The van der Waals surface area contributed by atoms with Gasteiger partial charge in [0.15, 0.2) is 0 Å². The molecule has 0 atom stereocenters. The zero-order chi connectivity index (χ0) is 17.4. The highest BCUT2D eigenvalue weighted by Gasteiger charge is 2.05. The number of benzene rings is 2. The highest BCUT2D eigenvalue weighted by molar-refractivity contribution is 5.94. The van der Waals surface area contributed by atoms with Crippen LogP contribution in [0.5, 0.6) is 0 Å². The van der Waals surface area contributed by atoms with Crippen molar-refractivity contribution in [2.45, 2.75) is 6.54 Å². The molecule has 0 bridgehead atoms. The average Bonchev–Trinajstić information content (AvgIpc) is 2.58. The molecule has 3 amide bonds. The summed E-state index contributed by atoms with van der Waals surface area (Å²) in [6.07, 6.45) is 0. The van der Waals surface area contributed by atoms with E-state index < -0.39 is 11.8 Å². The summed E-state index contributed by atoms with van der Waals surface area (Å²) in [6, 6.07) is 10.6. The Morgan fingerprint density at radius 1 is 0.750 bits per heavy atom. The van der Waals surface area contributed by atoms with Gasteiger partial charge in [0, 0.05) is 25.2 Å². The number of rotatable bonds is 6. The maximum absolute atomic E-state index is 12.8. The van der Waals surface area contributed by atoms with Gasteiger partial charge in [-0.2, -0.15) is 0 Å². The topological polar surface area (TPSA) is 70.2 Å². The first-order valence-corrected chi connectivity index (χ1v) is 7.34. The molecule has 0 aliphatic heterocycles. The Morgan fingerprint density at radius 2 is 1.29 bits per heavy atom. The first-order valence-electron chi connectivity index (χ1n) is 7.34. The Balaban J connectivity index is 1.63. The van der Waals surface area contributed by atoms with Crippen molar-refractivity contribution >= 4 is 11.9 Å². The van der Waals surface area contributed by atoms with Gasteiger partial charge in [0.1, 0.15) is 11.6 Å². The predicted octanol–water partition coefficient (Wildman–Crippen LogP) is 2.19. The first kappa shape index (κ1) is 17.4. The molecule has 0 aliphatic rings. The number of hydrogen-bond acceptors (Lipinski definition) is 2. The Kier molecular flexibility index (Phi) is 6.24. The van der Waals surface area contributed by atoms with E-state index in [1.807, 2.05) is 0 Å². The molecule has 0 spiro atoms. The third kappa shape index (κ3) is 5.68. The molecule has 2 aromatic carbocycles. The Labute approximate surface area is 138 Å². The van der Waals surface area contributed by atoms with Gasteiger partial charge in [-0.25, -0.2) is 13.6 Å². The zero-order valence-corrected chi connectivity index (χ0v) is 12.8. The molecule has 0 saturated carbocycles. The van der Waals surface area contributed by atoms with Crippen LogP contribution in [-0.2, 0) is 6.54 Å². The van der Waals surface area contributed by atoms with Crippen LogP contribution in [0.3, 0.4) is 0 Å². The van der Waals surface area contributed by atoms with Gasteiger partial charge in [-0.15, -0.1) is 0 Å². The van der Waals surface area contributed by atoms with Gasteiger partial charge < -0.3 is 16.0 Å². The lowest BCUT2D eigenvalue weighted by Crippen LogP contribution is -2.40. The van der Waals surface area contributed by atoms with Gasteiger partial charge in [0.2, 0.25) is 0 Å². The number of amides is 3. The fourth-order valence-electron chi connectivity index (χ4n) is 1.90. The number of urea groups is 1.